The van der Waals surface area contributed by atoms with Gasteiger partial charge in [-0.3, -0.25) is 28.4 Å². The summed E-state index contributed by atoms with van der Waals surface area (Å²) < 4.78 is 57.5. The summed E-state index contributed by atoms with van der Waals surface area (Å²) in [4.78, 5) is 66.8. The number of nitrogens with one attached hydrogen (secondary N) is 2. The number of hydrogen-bond acceptors (Lipinski definition) is 24. The number of aromatic nitrogens is 5. The number of aliphatic carboxylic acids is 1. The molecule has 0 aliphatic rings. The number of nitrogen functional groups attached to an aromatic ring is 4. The third-order valence-corrected chi connectivity index (χ3v) is 11.5. The summed E-state index contributed by atoms with van der Waals surface area (Å²) in [5, 5.41) is 30.4. The highest BCUT2D eigenvalue weighted by Crippen LogP contribution is 2.36. The van der Waals surface area contributed by atoms with Crippen molar-refractivity contribution in [1.29, 1.82) is 0 Å². The zero-order valence-corrected chi connectivity index (χ0v) is 53.8. The van der Waals surface area contributed by atoms with Crippen LogP contribution >= 0.6 is 12.4 Å². The molecule has 7 rings (SSSR count). The number of hydrogen-bond donors (Lipinski definition) is 8. The van der Waals surface area contributed by atoms with Crippen LogP contribution < -0.4 is 33.2 Å². The van der Waals surface area contributed by atoms with Crippen molar-refractivity contribution < 1.29 is 86.9 Å². The van der Waals surface area contributed by atoms with Crippen molar-refractivity contribution in [3.63, 3.8) is 0 Å². The molecule has 0 bridgehead atoms. The van der Waals surface area contributed by atoms with Gasteiger partial charge in [-0.05, 0) is 129 Å². The van der Waals surface area contributed by atoms with E-state index < -0.39 is 25.3 Å². The van der Waals surface area contributed by atoms with Gasteiger partial charge in [-0.15, -0.1) is 12.4 Å². The molecule has 0 aliphatic carbocycles. The Bertz CT molecular complexity index is 3230. The first kappa shape index (κ1) is 77.6. The molecule has 0 spiro atoms. The molecular formula is C57H86ClFN12O17. The number of imidazole rings is 1. The van der Waals surface area contributed by atoms with Crippen molar-refractivity contribution in [2.75, 3.05) is 106 Å². The summed E-state index contributed by atoms with van der Waals surface area (Å²) in [5.41, 5.74) is 35.0. The Kier molecular flexibility index (Phi) is 34.7. The highest BCUT2D eigenvalue weighted by Gasteiger charge is 2.34. The minimum Gasteiger partial charge on any atom is -0.481 e. The molecule has 0 fully saturated rings. The van der Waals surface area contributed by atoms with Gasteiger partial charge in [0.1, 0.15) is 22.8 Å². The van der Waals surface area contributed by atoms with Crippen molar-refractivity contribution in [1.82, 2.24) is 41.0 Å². The quantitative estimate of drug-likeness (QED) is 0.0212. The number of aryl methyl sites for hydroxylation is 6. The van der Waals surface area contributed by atoms with E-state index in [0.717, 1.165) is 56.3 Å². The molecule has 31 heteroatoms. The van der Waals surface area contributed by atoms with E-state index in [0.29, 0.717) is 89.9 Å². The number of alkyl halides is 1. The van der Waals surface area contributed by atoms with Crippen LogP contribution in [0.3, 0.4) is 0 Å². The molecule has 0 atom stereocenters. The summed E-state index contributed by atoms with van der Waals surface area (Å²) in [7, 11) is 8.16. The van der Waals surface area contributed by atoms with Gasteiger partial charge < -0.3 is 80.2 Å². The number of carbonyl (C=O) groups excluding carboxylic acids is 2. The van der Waals surface area contributed by atoms with Crippen molar-refractivity contribution >= 4 is 69.9 Å². The minimum atomic E-state index is -1.30. The zero-order valence-electron chi connectivity index (χ0n) is 54.0. The van der Waals surface area contributed by atoms with Crippen LogP contribution in [0.5, 0.6) is 6.01 Å². The van der Waals surface area contributed by atoms with Crippen molar-refractivity contribution in [2.45, 2.75) is 89.2 Å². The van der Waals surface area contributed by atoms with Gasteiger partial charge in [0.2, 0.25) is 0 Å². The number of carboxylic acid groups (broad SMARTS) is 2. The fourth-order valence-electron chi connectivity index (χ4n) is 7.75. The monoisotopic (exact) mass is 1270 g/mol. The summed E-state index contributed by atoms with van der Waals surface area (Å²) in [6, 6.07) is 10.5. The molecule has 0 unspecified atom stereocenters. The molecular weight excluding hydrogens is 1180 g/mol. The van der Waals surface area contributed by atoms with Gasteiger partial charge in [0.15, 0.2) is 0 Å². The topological polar surface area (TPSA) is 412 Å². The van der Waals surface area contributed by atoms with Gasteiger partial charge in [0.25, 0.3) is 23.8 Å². The van der Waals surface area contributed by atoms with E-state index in [1.807, 2.05) is 61.5 Å². The number of nitrogens with two attached hydrogens (primary N) is 4. The number of anilines is 4. The molecule has 12 N–H and O–H groups in total. The summed E-state index contributed by atoms with van der Waals surface area (Å²) >= 11 is 0. The van der Waals surface area contributed by atoms with Crippen molar-refractivity contribution in [3.8, 4) is 39.4 Å². The van der Waals surface area contributed by atoms with Crippen LogP contribution in [0, 0.1) is 41.5 Å². The molecule has 3 aromatic carbocycles. The number of halogens is 2. The van der Waals surface area contributed by atoms with Crippen LogP contribution in [0.15, 0.2) is 50.0 Å². The van der Waals surface area contributed by atoms with E-state index >= 15 is 0 Å². The van der Waals surface area contributed by atoms with Crippen LogP contribution in [-0.4, -0.2) is 158 Å². The second kappa shape index (κ2) is 39.4. The third-order valence-electron chi connectivity index (χ3n) is 11.5. The first-order chi connectivity index (χ1) is 41.5. The van der Waals surface area contributed by atoms with Gasteiger partial charge in [-0.2, -0.15) is 4.98 Å². The molecule has 2 amide bonds. The van der Waals surface area contributed by atoms with E-state index in [1.165, 1.54) is 27.3 Å². The fourth-order valence-corrected chi connectivity index (χ4v) is 7.75. The number of aromatic carboxylic acids is 1. The maximum Gasteiger partial charge on any atom is 0.412 e. The number of ether oxygens (including phenoxy) is 5. The standard InChI is InChI=1S/C17H20N4O4.C14H18N4O3.C12H13N3O3.C9H20O4.C2H7NO.C2H4O2.CH3F.ClH/c1-6-24-17-18-13-8-11(14-9(2)20-25-10(14)3)7-12(15(13)19-17)16(22)21(4)23-5;1-7-12(8(2)21-17-7)9-5-10(13(16)11(15)6-9)14(19)18(3)20-4;1-5-10(6(2)18-15-5)7-3-8(12(16)17)11(14)9(13)4-7;1-5-10-9(11-6-2,12-7-3)13-8-4;1-3-4-2;1-2(3)4;1-2;/h7-8H,6H2,1-5H3,(H,18,19);5-6H,15-16H2,1-4H3;3-4H,13-14H2,1-2H3,(H,16,17);5-8H2,1-4H3;3H,1-2H3;1H3,(H,3,4);1H3;1H/i;;;;;;1D;. The molecule has 0 radical (unpaired) electrons. The van der Waals surface area contributed by atoms with E-state index in [1.54, 1.807) is 66.2 Å². The number of aromatic amines is 1. The molecule has 88 heavy (non-hydrogen) atoms. The first-order valence-corrected chi connectivity index (χ1v) is 26.6. The molecule has 7 aromatic rings. The second-order valence-corrected chi connectivity index (χ2v) is 17.5. The van der Waals surface area contributed by atoms with Gasteiger partial charge in [-0.1, -0.05) is 15.5 Å². The Morgan fingerprint density at radius 3 is 1.27 bits per heavy atom. The van der Waals surface area contributed by atoms with Crippen LogP contribution in [0.1, 0.15) is 108 Å². The largest absolute Gasteiger partial charge is 0.481 e. The summed E-state index contributed by atoms with van der Waals surface area (Å²) in [5.74, 6) is -0.707. The Labute approximate surface area is 517 Å². The predicted molar refractivity (Wildman–Crippen MR) is 331 cm³/mol. The van der Waals surface area contributed by atoms with E-state index in [9.17, 15) is 18.8 Å². The van der Waals surface area contributed by atoms with Crippen LogP contribution in [0.4, 0.5) is 27.1 Å². The lowest BCUT2D eigenvalue weighted by molar-refractivity contribution is -0.495. The fraction of sp³-hybridized carbons (Fsp3) is 0.439. The van der Waals surface area contributed by atoms with Gasteiger partial charge in [0, 0.05) is 44.8 Å². The third kappa shape index (κ3) is 22.4. The second-order valence-electron chi connectivity index (χ2n) is 17.5. The van der Waals surface area contributed by atoms with Gasteiger partial charge in [0.05, 0.1) is 125 Å². The number of nitrogens with zero attached hydrogens (tertiary/aromatic N) is 6. The van der Waals surface area contributed by atoms with Crippen molar-refractivity contribution in [2.24, 2.45) is 0 Å². The molecule has 0 aliphatic heterocycles. The van der Waals surface area contributed by atoms with Crippen LogP contribution in [0.25, 0.3) is 44.4 Å². The van der Waals surface area contributed by atoms with Gasteiger partial charge in [-0.25, -0.2) is 20.4 Å². The number of fused-ring (bicyclic) bond motifs is 1. The van der Waals surface area contributed by atoms with E-state index in [-0.39, 0.29) is 52.4 Å². The highest BCUT2D eigenvalue weighted by atomic mass is 35.5. The molecule has 0 saturated carbocycles. The van der Waals surface area contributed by atoms with Crippen LogP contribution in [0.2, 0.25) is 0 Å². The molecule has 29 nitrogen and oxygen atoms in total. The SMILES string of the molecule is CC(=O)O.CCOC(OCC)(OCC)OCC.CCOc1nc2c(C(=O)N(C)OC)cc(-c3c(C)noc3C)cc2[nH]1.CNOC.CON(C)C(=O)c1cc(-c2c(C)noc2C)cc(N)c1N.Cc1noc(C)c1-c1cc(N)c(N)c(C(=O)O)c1.Cl.[2H]CF. The lowest BCUT2D eigenvalue weighted by Gasteiger charge is -2.30. The minimum absolute atomic E-state index is 0. The van der Waals surface area contributed by atoms with E-state index in [4.69, 9.17) is 86.2 Å². The Morgan fingerprint density at radius 1 is 0.636 bits per heavy atom. The average molecular weight is 1270 g/mol. The van der Waals surface area contributed by atoms with Crippen LogP contribution in [-0.2, 0) is 38.3 Å². The maximum absolute atomic E-state index is 12.7. The Balaban J connectivity index is 0.00000111. The van der Waals surface area contributed by atoms with Gasteiger partial charge >= 0.3 is 12.1 Å². The molecule has 0 saturated heterocycles. The number of rotatable bonds is 19. The maximum atomic E-state index is 12.7. The number of hydroxylamine groups is 5. The first-order valence-electron chi connectivity index (χ1n) is 27.3. The normalized spacial score (nSPS) is 10.5. The Hall–Kier alpha value is -8.46. The summed E-state index contributed by atoms with van der Waals surface area (Å²) in [6.45, 7) is 23.7. The number of carboxylic acids is 2. The number of amides is 2. The number of carbonyl (C=O) groups is 4. The summed E-state index contributed by atoms with van der Waals surface area (Å²) in [6.07, 6.45) is -1.30. The zero-order chi connectivity index (χ0) is 67.2. The van der Waals surface area contributed by atoms with Crippen molar-refractivity contribution in [3.05, 3.63) is 87.5 Å². The van der Waals surface area contributed by atoms with E-state index in [2.05, 4.69) is 35.8 Å². The number of H-pyrrole nitrogens is 1. The molecule has 4 aromatic heterocycles. The highest BCUT2D eigenvalue weighted by molar-refractivity contribution is 6.07. The lowest BCUT2D eigenvalue weighted by Crippen LogP contribution is -2.42. The Morgan fingerprint density at radius 2 is 0.966 bits per heavy atom. The number of benzene rings is 3. The predicted octanol–water partition coefficient (Wildman–Crippen LogP) is 9.05. The lowest BCUT2D eigenvalue weighted by atomic mass is 9.99. The average Bonchev–Trinajstić information content (AvgIpc) is 1.76. The smallest absolute Gasteiger partial charge is 0.412 e. The molecule has 490 valence electrons. The molecule has 4 heterocycles.